The maximum atomic E-state index is 11.3. The van der Waals surface area contributed by atoms with Crippen LogP contribution in [-0.4, -0.2) is 11.3 Å². The van der Waals surface area contributed by atoms with Gasteiger partial charge in [-0.1, -0.05) is 77.6 Å². The molecular weight excluding hydrogens is 372 g/mol. The Morgan fingerprint density at radius 3 is 1.97 bits per heavy atom. The molecule has 3 heteroatoms. The molecule has 2 aromatic carbocycles. The summed E-state index contributed by atoms with van der Waals surface area (Å²) in [5, 5.41) is 9.28. The van der Waals surface area contributed by atoms with Crippen molar-refractivity contribution in [3.8, 4) is 16.9 Å². The SMILES string of the molecule is CCCCCc1c(OC(=O)O)ccc(-c2cccc(CC)c2CC)c1CCCCC. The van der Waals surface area contributed by atoms with Gasteiger partial charge in [0.1, 0.15) is 5.75 Å². The van der Waals surface area contributed by atoms with Crippen molar-refractivity contribution in [2.24, 2.45) is 0 Å². The van der Waals surface area contributed by atoms with Crippen molar-refractivity contribution < 1.29 is 14.6 Å². The van der Waals surface area contributed by atoms with Gasteiger partial charge in [-0.2, -0.15) is 0 Å². The summed E-state index contributed by atoms with van der Waals surface area (Å²) in [7, 11) is 0. The van der Waals surface area contributed by atoms with Crippen LogP contribution in [0.3, 0.4) is 0 Å². The van der Waals surface area contributed by atoms with Crippen LogP contribution in [0.1, 0.15) is 88.5 Å². The molecule has 30 heavy (non-hydrogen) atoms. The summed E-state index contributed by atoms with van der Waals surface area (Å²) in [6.07, 6.45) is 9.36. The molecule has 0 bridgehead atoms. The number of rotatable bonds is 12. The van der Waals surface area contributed by atoms with Crippen LogP contribution in [0.4, 0.5) is 4.79 Å². The molecule has 0 spiro atoms. The molecule has 3 nitrogen and oxygen atoms in total. The van der Waals surface area contributed by atoms with Gasteiger partial charge in [0.05, 0.1) is 0 Å². The number of hydrogen-bond acceptors (Lipinski definition) is 2. The molecule has 2 aromatic rings. The molecule has 0 radical (unpaired) electrons. The fourth-order valence-electron chi connectivity index (χ4n) is 4.41. The Morgan fingerprint density at radius 1 is 0.767 bits per heavy atom. The molecule has 0 saturated heterocycles. The van der Waals surface area contributed by atoms with E-state index in [1.54, 1.807) is 0 Å². The third-order valence-electron chi connectivity index (χ3n) is 5.94. The summed E-state index contributed by atoms with van der Waals surface area (Å²) in [5.41, 5.74) is 7.71. The highest BCUT2D eigenvalue weighted by atomic mass is 16.7. The molecule has 0 atom stereocenters. The van der Waals surface area contributed by atoms with Crippen molar-refractivity contribution in [3.05, 3.63) is 52.6 Å². The lowest BCUT2D eigenvalue weighted by molar-refractivity contribution is 0.144. The zero-order valence-electron chi connectivity index (χ0n) is 19.2. The quantitative estimate of drug-likeness (QED) is 0.219. The first-order chi connectivity index (χ1) is 14.6. The summed E-state index contributed by atoms with van der Waals surface area (Å²) >= 11 is 0. The first-order valence-corrected chi connectivity index (χ1v) is 11.7. The largest absolute Gasteiger partial charge is 0.511 e. The molecule has 0 unspecified atom stereocenters. The third-order valence-corrected chi connectivity index (χ3v) is 5.94. The Balaban J connectivity index is 2.66. The van der Waals surface area contributed by atoms with E-state index in [-0.39, 0.29) is 0 Å². The van der Waals surface area contributed by atoms with Crippen LogP contribution < -0.4 is 4.74 Å². The molecular formula is C27H38O3. The number of carboxylic acid groups (broad SMARTS) is 1. The predicted molar refractivity (Wildman–Crippen MR) is 126 cm³/mol. The summed E-state index contributed by atoms with van der Waals surface area (Å²) in [6.45, 7) is 8.84. The average Bonchev–Trinajstić information content (AvgIpc) is 2.74. The van der Waals surface area contributed by atoms with Gasteiger partial charge >= 0.3 is 6.16 Å². The third kappa shape index (κ3) is 6.10. The number of hydrogen-bond donors (Lipinski definition) is 1. The molecule has 0 aromatic heterocycles. The first kappa shape index (κ1) is 24.0. The molecule has 164 valence electrons. The van der Waals surface area contributed by atoms with E-state index in [9.17, 15) is 9.90 Å². The normalized spacial score (nSPS) is 10.9. The Morgan fingerprint density at radius 2 is 1.40 bits per heavy atom. The second-order valence-corrected chi connectivity index (χ2v) is 8.00. The van der Waals surface area contributed by atoms with E-state index in [0.717, 1.165) is 63.4 Å². The lowest BCUT2D eigenvalue weighted by atomic mass is 9.85. The van der Waals surface area contributed by atoms with Gasteiger partial charge < -0.3 is 9.84 Å². The zero-order valence-corrected chi connectivity index (χ0v) is 19.2. The molecule has 0 saturated carbocycles. The number of carbonyl (C=O) groups is 1. The van der Waals surface area contributed by atoms with Crippen LogP contribution in [0.25, 0.3) is 11.1 Å². The van der Waals surface area contributed by atoms with Gasteiger partial charge in [0, 0.05) is 0 Å². The number of unbranched alkanes of at least 4 members (excludes halogenated alkanes) is 4. The smallest absolute Gasteiger partial charge is 0.449 e. The summed E-state index contributed by atoms with van der Waals surface area (Å²) in [5.74, 6) is 0.513. The monoisotopic (exact) mass is 410 g/mol. The molecule has 0 amide bonds. The van der Waals surface area contributed by atoms with Gasteiger partial charge in [-0.05, 0) is 78.0 Å². The van der Waals surface area contributed by atoms with E-state index in [2.05, 4.69) is 52.0 Å². The Hall–Kier alpha value is -2.29. The van der Waals surface area contributed by atoms with Gasteiger partial charge in [0.2, 0.25) is 0 Å². The summed E-state index contributed by atoms with van der Waals surface area (Å²) < 4.78 is 5.23. The summed E-state index contributed by atoms with van der Waals surface area (Å²) in [6, 6.07) is 10.6. The molecule has 0 aliphatic carbocycles. The van der Waals surface area contributed by atoms with Crippen molar-refractivity contribution in [1.82, 2.24) is 0 Å². The molecule has 2 rings (SSSR count). The highest BCUT2D eigenvalue weighted by Crippen LogP contribution is 2.37. The minimum atomic E-state index is -1.23. The van der Waals surface area contributed by atoms with Crippen LogP contribution in [0.15, 0.2) is 30.3 Å². The minimum Gasteiger partial charge on any atom is -0.449 e. The van der Waals surface area contributed by atoms with Gasteiger partial charge in [-0.15, -0.1) is 0 Å². The van der Waals surface area contributed by atoms with E-state index in [0.29, 0.717) is 5.75 Å². The highest BCUT2D eigenvalue weighted by molar-refractivity contribution is 5.75. The van der Waals surface area contributed by atoms with Gasteiger partial charge in [-0.3, -0.25) is 0 Å². The fourth-order valence-corrected chi connectivity index (χ4v) is 4.41. The van der Waals surface area contributed by atoms with Gasteiger partial charge in [0.25, 0.3) is 0 Å². The predicted octanol–water partition coefficient (Wildman–Crippen LogP) is 8.00. The summed E-state index contributed by atoms with van der Waals surface area (Å²) in [4.78, 5) is 11.3. The highest BCUT2D eigenvalue weighted by Gasteiger charge is 2.19. The maximum Gasteiger partial charge on any atom is 0.511 e. The minimum absolute atomic E-state index is 0.513. The van der Waals surface area contributed by atoms with E-state index in [1.165, 1.54) is 34.2 Å². The molecule has 0 aliphatic heterocycles. The van der Waals surface area contributed by atoms with Crippen molar-refractivity contribution in [2.75, 3.05) is 0 Å². The topological polar surface area (TPSA) is 46.5 Å². The Bertz CT molecular complexity index is 823. The van der Waals surface area contributed by atoms with Crippen molar-refractivity contribution >= 4 is 6.16 Å². The zero-order chi connectivity index (χ0) is 21.9. The number of aryl methyl sites for hydroxylation is 1. The van der Waals surface area contributed by atoms with Crippen molar-refractivity contribution in [1.29, 1.82) is 0 Å². The van der Waals surface area contributed by atoms with E-state index in [1.807, 2.05) is 6.07 Å². The Labute approximate surface area is 182 Å². The molecule has 1 N–H and O–H groups in total. The van der Waals surface area contributed by atoms with E-state index >= 15 is 0 Å². The van der Waals surface area contributed by atoms with E-state index < -0.39 is 6.16 Å². The van der Waals surface area contributed by atoms with E-state index in [4.69, 9.17) is 4.74 Å². The second-order valence-electron chi connectivity index (χ2n) is 8.00. The molecule has 0 heterocycles. The number of ether oxygens (including phenoxy) is 1. The van der Waals surface area contributed by atoms with Crippen LogP contribution >= 0.6 is 0 Å². The van der Waals surface area contributed by atoms with Crippen molar-refractivity contribution in [3.63, 3.8) is 0 Å². The fraction of sp³-hybridized carbons (Fsp3) is 0.519. The standard InChI is InChI=1S/C27H38O3/c1-5-9-11-15-23-24(22-17-13-14-20(7-3)21(22)8-4)18-19-26(30-27(28)29)25(23)16-12-10-6-2/h13-14,17-19H,5-12,15-16H2,1-4H3,(H,28,29). The van der Waals surface area contributed by atoms with Gasteiger partial charge in [0.15, 0.2) is 0 Å². The number of benzene rings is 2. The lowest BCUT2D eigenvalue weighted by Crippen LogP contribution is -2.09. The Kier molecular flexibility index (Phi) is 9.93. The average molecular weight is 411 g/mol. The first-order valence-electron chi connectivity index (χ1n) is 11.7. The van der Waals surface area contributed by atoms with Crippen molar-refractivity contribution in [2.45, 2.75) is 91.9 Å². The van der Waals surface area contributed by atoms with Crippen LogP contribution in [0.2, 0.25) is 0 Å². The van der Waals surface area contributed by atoms with Crippen LogP contribution in [0, 0.1) is 0 Å². The molecule has 0 fully saturated rings. The van der Waals surface area contributed by atoms with Crippen LogP contribution in [-0.2, 0) is 25.7 Å². The van der Waals surface area contributed by atoms with Crippen LogP contribution in [0.5, 0.6) is 5.75 Å². The molecule has 0 aliphatic rings. The lowest BCUT2D eigenvalue weighted by Gasteiger charge is -2.21. The second kappa shape index (κ2) is 12.4. The maximum absolute atomic E-state index is 11.3. The van der Waals surface area contributed by atoms with Gasteiger partial charge in [-0.25, -0.2) is 4.79 Å².